The van der Waals surface area contributed by atoms with Crippen molar-refractivity contribution in [2.24, 2.45) is 0 Å². The Hall–Kier alpha value is -7.26. The number of fused-ring (bicyclic) bond motifs is 1. The predicted molar refractivity (Wildman–Crippen MR) is 286 cm³/mol. The van der Waals surface area contributed by atoms with Gasteiger partial charge in [-0.3, -0.25) is 15.1 Å². The summed E-state index contributed by atoms with van der Waals surface area (Å²) >= 11 is 0. The normalized spacial score (nSPS) is 13.3. The molecule has 75 heavy (non-hydrogen) atoms. The fourth-order valence-electron chi connectivity index (χ4n) is 7.73. The van der Waals surface area contributed by atoms with Crippen LogP contribution in [0.2, 0.25) is 25.7 Å². The molecule has 4 aromatic carbocycles. The second-order valence-electron chi connectivity index (χ2n) is 21.6. The Morgan fingerprint density at radius 1 is 0.840 bits per heavy atom. The van der Waals surface area contributed by atoms with Gasteiger partial charge in [0.1, 0.15) is 35.2 Å². The molecule has 5 aromatic rings. The number of carbonyl (C=O) groups is 5. The van der Waals surface area contributed by atoms with Gasteiger partial charge in [0.15, 0.2) is 15.9 Å². The van der Waals surface area contributed by atoms with Crippen LogP contribution in [0.4, 0.5) is 36.0 Å². The molecule has 1 saturated carbocycles. The average Bonchev–Trinajstić information content (AvgIpc) is 4.17. The van der Waals surface area contributed by atoms with Gasteiger partial charge in [-0.25, -0.2) is 42.4 Å². The summed E-state index contributed by atoms with van der Waals surface area (Å²) in [7, 11) is -3.70. The number of carbonyl (C=O) groups excluding carboxylic acids is 4. The molecule has 1 aromatic heterocycles. The molecule has 1 fully saturated rings. The first kappa shape index (κ1) is 57.0. The molecule has 0 aliphatic heterocycles. The van der Waals surface area contributed by atoms with Crippen molar-refractivity contribution in [3.63, 3.8) is 0 Å². The molecule has 0 radical (unpaired) electrons. The van der Waals surface area contributed by atoms with Gasteiger partial charge in [-0.15, -0.1) is 0 Å². The van der Waals surface area contributed by atoms with E-state index >= 15 is 4.39 Å². The molecular formula is C54H67FN6O12SSi. The van der Waals surface area contributed by atoms with Crippen molar-refractivity contribution in [1.29, 1.82) is 0 Å². The van der Waals surface area contributed by atoms with Gasteiger partial charge in [0.2, 0.25) is 5.91 Å². The number of aromatic nitrogens is 1. The maximum absolute atomic E-state index is 15.7. The minimum Gasteiger partial charge on any atom is -0.489 e. The van der Waals surface area contributed by atoms with Crippen LogP contribution in [0.15, 0.2) is 96.0 Å². The number of hydrogen-bond acceptors (Lipinski definition) is 13. The molecule has 402 valence electrons. The standard InChI is InChI=1S/C54H67FN6O12SSi/c1-53(2,3)72-50(65)58-48-41-22-19-39(30-42(41)43(55)31-56-48)61(59-51(66)73-54(4,5)6)47(49(63)64)36-16-23-44(71-33-34-14-12-11-13-15-34)35(28-36)17-25-46(62)57-38-18-24-45(74(68,69)40-20-21-40)37(29-38)32-60(7)52(67)70-26-27-75(8,9)10/h11-16,18-19,22-24,28-31,40,47H,17,20-21,25-27,32-33H2,1-10H3,(H,57,62)(H,59,66)(H,63,64)(H,56,58,65). The zero-order valence-electron chi connectivity index (χ0n) is 44.0. The van der Waals surface area contributed by atoms with Crippen LogP contribution in [0, 0.1) is 5.82 Å². The number of pyridine rings is 1. The second kappa shape index (κ2) is 23.5. The molecule has 4 N–H and O–H groups in total. The van der Waals surface area contributed by atoms with E-state index in [1.807, 2.05) is 30.3 Å². The Balaban J connectivity index is 1.33. The largest absolute Gasteiger partial charge is 0.489 e. The third-order valence-corrected chi connectivity index (χ3v) is 15.6. The fraction of sp³-hybridized carbons (Fsp3) is 0.407. The van der Waals surface area contributed by atoms with Crippen LogP contribution in [-0.2, 0) is 53.2 Å². The highest BCUT2D eigenvalue weighted by atomic mass is 32.2. The average molecular weight is 1070 g/mol. The lowest BCUT2D eigenvalue weighted by Gasteiger charge is -2.33. The third-order valence-electron chi connectivity index (χ3n) is 11.5. The number of hydrazine groups is 1. The Kier molecular flexibility index (Phi) is 17.9. The first-order valence-corrected chi connectivity index (χ1v) is 29.8. The summed E-state index contributed by atoms with van der Waals surface area (Å²) in [4.78, 5) is 72.1. The van der Waals surface area contributed by atoms with E-state index in [2.05, 4.69) is 40.7 Å². The molecule has 18 nitrogen and oxygen atoms in total. The quantitative estimate of drug-likeness (QED) is 0.0323. The molecule has 1 heterocycles. The summed E-state index contributed by atoms with van der Waals surface area (Å²) < 4.78 is 65.5. The van der Waals surface area contributed by atoms with Crippen LogP contribution in [0.3, 0.4) is 0 Å². The highest BCUT2D eigenvalue weighted by Gasteiger charge is 2.39. The number of aryl methyl sites for hydroxylation is 1. The number of anilines is 3. The van der Waals surface area contributed by atoms with Crippen molar-refractivity contribution in [1.82, 2.24) is 15.3 Å². The number of carboxylic acid groups (broad SMARTS) is 1. The Bertz CT molecular complexity index is 3030. The topological polar surface area (TPSA) is 232 Å². The van der Waals surface area contributed by atoms with E-state index in [4.69, 9.17) is 18.9 Å². The lowest BCUT2D eigenvalue weighted by Crippen LogP contribution is -2.49. The molecule has 21 heteroatoms. The fourth-order valence-corrected chi connectivity index (χ4v) is 10.3. The summed E-state index contributed by atoms with van der Waals surface area (Å²) in [6.45, 7) is 16.7. The number of aliphatic carboxylic acids is 1. The lowest BCUT2D eigenvalue weighted by atomic mass is 9.99. The van der Waals surface area contributed by atoms with Crippen LogP contribution in [0.1, 0.15) is 89.1 Å². The zero-order chi connectivity index (χ0) is 55.0. The Morgan fingerprint density at radius 2 is 1.52 bits per heavy atom. The number of nitrogens with zero attached hydrogens (tertiary/aromatic N) is 3. The van der Waals surface area contributed by atoms with E-state index < -0.39 is 76.4 Å². The summed E-state index contributed by atoms with van der Waals surface area (Å²) in [5.74, 6) is -2.45. The Morgan fingerprint density at radius 3 is 2.16 bits per heavy atom. The second-order valence-corrected chi connectivity index (χ2v) is 29.4. The monoisotopic (exact) mass is 1070 g/mol. The molecule has 0 saturated heterocycles. The van der Waals surface area contributed by atoms with Gasteiger partial charge in [0, 0.05) is 38.0 Å². The number of ether oxygens (including phenoxy) is 4. The molecule has 6 rings (SSSR count). The molecule has 0 spiro atoms. The van der Waals surface area contributed by atoms with Crippen LogP contribution in [0.5, 0.6) is 5.75 Å². The summed E-state index contributed by atoms with van der Waals surface area (Å²) in [5, 5.41) is 17.0. The minimum absolute atomic E-state index is 0.000139. The maximum Gasteiger partial charge on any atom is 0.426 e. The number of halogens is 1. The van der Waals surface area contributed by atoms with Gasteiger partial charge in [-0.2, -0.15) is 0 Å². The van der Waals surface area contributed by atoms with E-state index in [-0.39, 0.29) is 71.0 Å². The van der Waals surface area contributed by atoms with Crippen LogP contribution >= 0.6 is 0 Å². The summed E-state index contributed by atoms with van der Waals surface area (Å²) in [6, 6.07) is 21.5. The van der Waals surface area contributed by atoms with Crippen molar-refractivity contribution in [3.05, 3.63) is 119 Å². The van der Waals surface area contributed by atoms with Gasteiger partial charge in [0.25, 0.3) is 0 Å². The van der Waals surface area contributed by atoms with Gasteiger partial charge in [-0.1, -0.05) is 56.0 Å². The molecule has 1 unspecified atom stereocenters. The summed E-state index contributed by atoms with van der Waals surface area (Å²) in [6.07, 6.45) is -0.698. The third kappa shape index (κ3) is 16.4. The number of amides is 4. The number of carboxylic acids is 1. The van der Waals surface area contributed by atoms with Crippen molar-refractivity contribution >= 4 is 76.0 Å². The van der Waals surface area contributed by atoms with Crippen molar-refractivity contribution in [3.8, 4) is 5.75 Å². The maximum atomic E-state index is 15.7. The number of hydrogen-bond donors (Lipinski definition) is 4. The molecule has 1 aliphatic carbocycles. The molecule has 1 aliphatic rings. The first-order valence-electron chi connectivity index (χ1n) is 24.5. The molecule has 1 atom stereocenters. The number of benzene rings is 4. The first-order chi connectivity index (χ1) is 35.1. The minimum atomic E-state index is -3.72. The number of nitrogens with one attached hydrogen (secondary N) is 3. The van der Waals surface area contributed by atoms with E-state index in [9.17, 15) is 37.5 Å². The highest BCUT2D eigenvalue weighted by Crippen LogP contribution is 2.37. The predicted octanol–water partition coefficient (Wildman–Crippen LogP) is 10.8. The highest BCUT2D eigenvalue weighted by molar-refractivity contribution is 7.92. The lowest BCUT2D eigenvalue weighted by molar-refractivity contribution is -0.139. The van der Waals surface area contributed by atoms with E-state index in [0.29, 0.717) is 29.7 Å². The van der Waals surface area contributed by atoms with Crippen molar-refractivity contribution < 1.29 is 60.8 Å². The van der Waals surface area contributed by atoms with Crippen molar-refractivity contribution in [2.45, 2.75) is 133 Å². The number of rotatable bonds is 20. The van der Waals surface area contributed by atoms with Crippen molar-refractivity contribution in [2.75, 3.05) is 29.3 Å². The van der Waals surface area contributed by atoms with Gasteiger partial charge in [0.05, 0.1) is 35.2 Å². The Labute approximate surface area is 438 Å². The van der Waals surface area contributed by atoms with E-state index in [1.165, 1.54) is 54.4 Å². The van der Waals surface area contributed by atoms with Crippen LogP contribution in [0.25, 0.3) is 10.8 Å². The van der Waals surface area contributed by atoms with E-state index in [1.54, 1.807) is 53.7 Å². The zero-order valence-corrected chi connectivity index (χ0v) is 45.9. The van der Waals surface area contributed by atoms with E-state index in [0.717, 1.165) is 22.8 Å². The molecule has 0 bridgehead atoms. The number of sulfone groups is 1. The van der Waals surface area contributed by atoms with Crippen LogP contribution < -0.4 is 25.8 Å². The molecular weight excluding hydrogens is 1000 g/mol. The molecule has 4 amide bonds. The smallest absolute Gasteiger partial charge is 0.426 e. The van der Waals surface area contributed by atoms with Gasteiger partial charge < -0.3 is 34.3 Å². The van der Waals surface area contributed by atoms with Gasteiger partial charge in [-0.05, 0) is 138 Å². The SMILES string of the molecule is CN(Cc1cc(NC(=O)CCc2cc(C(C(=O)O)N(NC(=O)OC(C)(C)C)c3ccc4c(NC(=O)OC(C)(C)C)ncc(F)c4c3)ccc2OCc2ccccc2)ccc1S(=O)(=O)C1CC1)C(=O)OCC[Si](C)(C)C. The summed E-state index contributed by atoms with van der Waals surface area (Å²) in [5.41, 5.74) is 2.63. The van der Waals surface area contributed by atoms with Crippen LogP contribution in [-0.4, -0.2) is 91.7 Å². The van der Waals surface area contributed by atoms with Gasteiger partial charge >= 0.3 is 24.2 Å².